The van der Waals surface area contributed by atoms with Gasteiger partial charge in [0.05, 0.1) is 0 Å². The summed E-state index contributed by atoms with van der Waals surface area (Å²) in [5.74, 6) is 0.175. The van der Waals surface area contributed by atoms with Crippen LogP contribution in [0.25, 0.3) is 17.0 Å². The van der Waals surface area contributed by atoms with Crippen LogP contribution in [0.1, 0.15) is 11.1 Å². The van der Waals surface area contributed by atoms with E-state index in [1.165, 1.54) is 15.8 Å². The Balaban J connectivity index is 1.32. The monoisotopic (exact) mass is 468 g/mol. The molecule has 1 aliphatic rings. The Morgan fingerprint density at radius 3 is 2.52 bits per heavy atom. The predicted molar refractivity (Wildman–Crippen MR) is 125 cm³/mol. The summed E-state index contributed by atoms with van der Waals surface area (Å²) >= 11 is 0. The minimum Gasteiger partial charge on any atom is -0.484 e. The van der Waals surface area contributed by atoms with Crippen LogP contribution in [0.5, 0.6) is 5.75 Å². The van der Waals surface area contributed by atoms with Crippen LogP contribution in [0, 0.1) is 6.92 Å². The van der Waals surface area contributed by atoms with Gasteiger partial charge in [0.2, 0.25) is 10.0 Å². The van der Waals surface area contributed by atoms with Gasteiger partial charge in [0.1, 0.15) is 11.3 Å². The molecule has 1 amide bonds. The van der Waals surface area contributed by atoms with Crippen LogP contribution < -0.4 is 10.4 Å². The topological polar surface area (TPSA) is 97.1 Å². The molecule has 172 valence electrons. The third-order valence-corrected chi connectivity index (χ3v) is 7.03. The number of fused-ring (bicyclic) bond motifs is 1. The number of rotatable bonds is 6. The standard InChI is InChI=1S/C24H24N2O6S/c1-18-15-24(28)32-22-16-20(7-8-21(18)22)31-17-23(27)25-10-12-26(13-11-25)33(29,30)14-9-19-5-3-2-4-6-19/h2-9,14-16H,10-13,17H2,1H3/b14-9+. The summed E-state index contributed by atoms with van der Waals surface area (Å²) in [5.41, 5.74) is 1.55. The number of ether oxygens (including phenoxy) is 1. The zero-order valence-electron chi connectivity index (χ0n) is 18.1. The molecule has 4 rings (SSSR count). The van der Waals surface area contributed by atoms with E-state index >= 15 is 0 Å². The molecule has 0 radical (unpaired) electrons. The van der Waals surface area contributed by atoms with Gasteiger partial charge in [-0.2, -0.15) is 4.31 Å². The highest BCUT2D eigenvalue weighted by molar-refractivity contribution is 7.92. The average Bonchev–Trinajstić information content (AvgIpc) is 2.81. The van der Waals surface area contributed by atoms with Crippen LogP contribution in [0.15, 0.2) is 69.2 Å². The van der Waals surface area contributed by atoms with Gasteiger partial charge in [0.15, 0.2) is 6.61 Å². The summed E-state index contributed by atoms with van der Waals surface area (Å²) in [6, 6.07) is 15.7. The summed E-state index contributed by atoms with van der Waals surface area (Å²) in [6.07, 6.45) is 1.56. The van der Waals surface area contributed by atoms with Gasteiger partial charge in [0, 0.05) is 49.1 Å². The lowest BCUT2D eigenvalue weighted by atomic mass is 10.1. The van der Waals surface area contributed by atoms with E-state index in [1.807, 2.05) is 37.3 Å². The number of piperazine rings is 1. The van der Waals surface area contributed by atoms with Crippen molar-refractivity contribution in [2.75, 3.05) is 32.8 Å². The normalized spacial score (nSPS) is 15.2. The number of hydrogen-bond donors (Lipinski definition) is 0. The van der Waals surface area contributed by atoms with Crippen molar-refractivity contribution in [1.29, 1.82) is 0 Å². The lowest BCUT2D eigenvalue weighted by Crippen LogP contribution is -2.51. The molecule has 33 heavy (non-hydrogen) atoms. The van der Waals surface area contributed by atoms with Crippen molar-refractivity contribution in [2.24, 2.45) is 0 Å². The van der Waals surface area contributed by atoms with Gasteiger partial charge < -0.3 is 14.1 Å². The first-order chi connectivity index (χ1) is 15.8. The molecule has 1 aromatic heterocycles. The van der Waals surface area contributed by atoms with Gasteiger partial charge >= 0.3 is 5.63 Å². The lowest BCUT2D eigenvalue weighted by molar-refractivity contribution is -0.134. The van der Waals surface area contributed by atoms with Crippen LogP contribution in [0.2, 0.25) is 0 Å². The Kier molecular flexibility index (Phi) is 6.62. The average molecular weight is 469 g/mol. The van der Waals surface area contributed by atoms with Crippen molar-refractivity contribution < 1.29 is 22.4 Å². The number of hydrogen-bond acceptors (Lipinski definition) is 6. The van der Waals surface area contributed by atoms with Crippen LogP contribution >= 0.6 is 0 Å². The summed E-state index contributed by atoms with van der Waals surface area (Å²) in [6.45, 7) is 2.63. The molecule has 1 fully saturated rings. The first kappa shape index (κ1) is 22.8. The molecular weight excluding hydrogens is 444 g/mol. The third-order valence-electron chi connectivity index (χ3n) is 5.47. The first-order valence-electron chi connectivity index (χ1n) is 10.5. The third kappa shape index (κ3) is 5.50. The van der Waals surface area contributed by atoms with E-state index in [1.54, 1.807) is 29.2 Å². The molecule has 2 heterocycles. The van der Waals surface area contributed by atoms with Gasteiger partial charge in [-0.3, -0.25) is 4.79 Å². The summed E-state index contributed by atoms with van der Waals surface area (Å²) in [4.78, 5) is 25.7. The summed E-state index contributed by atoms with van der Waals surface area (Å²) in [7, 11) is -3.57. The van der Waals surface area contributed by atoms with Crippen molar-refractivity contribution in [3.05, 3.63) is 81.6 Å². The van der Waals surface area contributed by atoms with Crippen molar-refractivity contribution >= 4 is 33.0 Å². The Bertz CT molecular complexity index is 1340. The van der Waals surface area contributed by atoms with Gasteiger partial charge in [-0.25, -0.2) is 13.2 Å². The van der Waals surface area contributed by atoms with Crippen LogP contribution in [-0.2, 0) is 14.8 Å². The van der Waals surface area contributed by atoms with Crippen LogP contribution in [0.3, 0.4) is 0 Å². The maximum Gasteiger partial charge on any atom is 0.336 e. The largest absolute Gasteiger partial charge is 0.484 e. The Morgan fingerprint density at radius 1 is 1.06 bits per heavy atom. The first-order valence-corrected chi connectivity index (χ1v) is 12.0. The number of sulfonamides is 1. The molecule has 8 nitrogen and oxygen atoms in total. The number of nitrogens with zero attached hydrogens (tertiary/aromatic N) is 2. The Morgan fingerprint density at radius 2 is 1.79 bits per heavy atom. The van der Waals surface area contributed by atoms with E-state index < -0.39 is 15.6 Å². The maximum absolute atomic E-state index is 12.6. The highest BCUT2D eigenvalue weighted by Crippen LogP contribution is 2.22. The van der Waals surface area contributed by atoms with Gasteiger partial charge in [-0.05, 0) is 36.3 Å². The SMILES string of the molecule is Cc1cc(=O)oc2cc(OCC(=O)N3CCN(S(=O)(=O)/C=C/c4ccccc4)CC3)ccc12. The van der Waals surface area contributed by atoms with Gasteiger partial charge in [-0.15, -0.1) is 0 Å². The number of amides is 1. The second kappa shape index (κ2) is 9.60. The smallest absolute Gasteiger partial charge is 0.336 e. The molecule has 0 saturated carbocycles. The number of carbonyl (C=O) groups excluding carboxylic acids is 1. The predicted octanol–water partition coefficient (Wildman–Crippen LogP) is 2.63. The fourth-order valence-corrected chi connectivity index (χ4v) is 4.81. The second-order valence-corrected chi connectivity index (χ2v) is 9.55. The molecule has 0 aliphatic carbocycles. The van der Waals surface area contributed by atoms with E-state index in [2.05, 4.69) is 0 Å². The summed E-state index contributed by atoms with van der Waals surface area (Å²) in [5, 5.41) is 2.00. The molecule has 0 atom stereocenters. The number of aryl methyl sites for hydroxylation is 1. The molecule has 3 aromatic rings. The lowest BCUT2D eigenvalue weighted by Gasteiger charge is -2.33. The van der Waals surface area contributed by atoms with Crippen molar-refractivity contribution in [3.8, 4) is 5.75 Å². The molecule has 1 saturated heterocycles. The van der Waals surface area contributed by atoms with Crippen molar-refractivity contribution in [3.63, 3.8) is 0 Å². The van der Waals surface area contributed by atoms with E-state index in [4.69, 9.17) is 9.15 Å². The molecule has 0 bridgehead atoms. The summed E-state index contributed by atoms with van der Waals surface area (Å²) < 4.78 is 37.3. The highest BCUT2D eigenvalue weighted by atomic mass is 32.2. The van der Waals surface area contributed by atoms with E-state index in [-0.39, 0.29) is 38.7 Å². The van der Waals surface area contributed by atoms with E-state index in [0.29, 0.717) is 11.3 Å². The molecule has 0 spiro atoms. The van der Waals surface area contributed by atoms with E-state index in [9.17, 15) is 18.0 Å². The van der Waals surface area contributed by atoms with Crippen LogP contribution in [-0.4, -0.2) is 56.3 Å². The minimum absolute atomic E-state index is 0.192. The quantitative estimate of drug-likeness (QED) is 0.516. The Labute approximate surface area is 191 Å². The highest BCUT2D eigenvalue weighted by Gasteiger charge is 2.27. The number of benzene rings is 2. The Hall–Kier alpha value is -3.43. The zero-order chi connectivity index (χ0) is 23.4. The fraction of sp³-hybridized carbons (Fsp3) is 0.250. The molecular formula is C24H24N2O6S. The molecule has 9 heteroatoms. The maximum atomic E-state index is 12.6. The second-order valence-electron chi connectivity index (χ2n) is 7.73. The fourth-order valence-electron chi connectivity index (χ4n) is 3.64. The number of carbonyl (C=O) groups is 1. The van der Waals surface area contributed by atoms with Crippen molar-refractivity contribution in [2.45, 2.75) is 6.92 Å². The molecule has 0 unspecified atom stereocenters. The van der Waals surface area contributed by atoms with Crippen molar-refractivity contribution in [1.82, 2.24) is 9.21 Å². The van der Waals surface area contributed by atoms with Crippen LogP contribution in [0.4, 0.5) is 0 Å². The van der Waals surface area contributed by atoms with Gasteiger partial charge in [-0.1, -0.05) is 30.3 Å². The zero-order valence-corrected chi connectivity index (χ0v) is 19.0. The minimum atomic E-state index is -3.57. The molecule has 2 aromatic carbocycles. The molecule has 1 aliphatic heterocycles. The molecule has 0 N–H and O–H groups in total. The van der Waals surface area contributed by atoms with E-state index in [0.717, 1.165) is 16.5 Å². The van der Waals surface area contributed by atoms with Gasteiger partial charge in [0.25, 0.3) is 5.91 Å².